The molecule has 166 valence electrons. The van der Waals surface area contributed by atoms with E-state index in [0.29, 0.717) is 35.9 Å². The number of carbonyl (C=O) groups is 2. The second-order valence-corrected chi connectivity index (χ2v) is 7.65. The molecule has 4 aromatic rings. The summed E-state index contributed by atoms with van der Waals surface area (Å²) >= 11 is 0. The molecule has 0 bridgehead atoms. The molecule has 0 aliphatic carbocycles. The lowest BCUT2D eigenvalue weighted by Crippen LogP contribution is -2.23. The van der Waals surface area contributed by atoms with Crippen molar-refractivity contribution in [1.29, 1.82) is 0 Å². The number of nitrogens with one attached hydrogen (secondary N) is 2. The van der Waals surface area contributed by atoms with E-state index in [-0.39, 0.29) is 18.2 Å². The molecule has 2 heterocycles. The van der Waals surface area contributed by atoms with Gasteiger partial charge in [0.15, 0.2) is 11.7 Å². The minimum absolute atomic E-state index is 0.101. The predicted molar refractivity (Wildman–Crippen MR) is 125 cm³/mol. The van der Waals surface area contributed by atoms with Crippen molar-refractivity contribution in [2.75, 3.05) is 5.32 Å². The van der Waals surface area contributed by atoms with Gasteiger partial charge in [-0.1, -0.05) is 42.0 Å². The van der Waals surface area contributed by atoms with Gasteiger partial charge in [0.2, 0.25) is 5.91 Å². The molecule has 2 amide bonds. The first kappa shape index (κ1) is 22.0. The van der Waals surface area contributed by atoms with Gasteiger partial charge < -0.3 is 15.1 Å². The summed E-state index contributed by atoms with van der Waals surface area (Å²) in [4.78, 5) is 32.8. The Morgan fingerprint density at radius 3 is 2.58 bits per heavy atom. The van der Waals surface area contributed by atoms with Crippen molar-refractivity contribution in [2.24, 2.45) is 0 Å². The average molecular weight is 441 g/mol. The van der Waals surface area contributed by atoms with E-state index in [1.807, 2.05) is 49.4 Å². The van der Waals surface area contributed by atoms with Crippen molar-refractivity contribution in [2.45, 2.75) is 26.3 Å². The van der Waals surface area contributed by atoms with E-state index in [0.717, 1.165) is 11.1 Å². The molecule has 2 aromatic carbocycles. The number of aromatic nitrogens is 2. The Morgan fingerprint density at radius 2 is 1.79 bits per heavy atom. The van der Waals surface area contributed by atoms with Crippen molar-refractivity contribution in [3.8, 4) is 11.3 Å². The van der Waals surface area contributed by atoms with E-state index in [2.05, 4.69) is 20.6 Å². The smallest absolute Gasteiger partial charge is 0.255 e. The van der Waals surface area contributed by atoms with Crippen LogP contribution in [0.25, 0.3) is 11.3 Å². The van der Waals surface area contributed by atoms with Gasteiger partial charge in [-0.2, -0.15) is 0 Å². The van der Waals surface area contributed by atoms with Gasteiger partial charge in [-0.15, -0.1) is 0 Å². The van der Waals surface area contributed by atoms with Crippen molar-refractivity contribution in [3.05, 3.63) is 102 Å². The number of anilines is 1. The number of hydrogen-bond acceptors (Lipinski definition) is 5. The Morgan fingerprint density at radius 1 is 1.00 bits per heavy atom. The third kappa shape index (κ3) is 6.13. The molecule has 2 N–H and O–H groups in total. The fourth-order valence-electron chi connectivity index (χ4n) is 3.25. The van der Waals surface area contributed by atoms with Crippen LogP contribution in [0.4, 0.5) is 5.69 Å². The Kier molecular flexibility index (Phi) is 6.90. The molecule has 0 aliphatic rings. The van der Waals surface area contributed by atoms with Crippen molar-refractivity contribution >= 4 is 17.5 Å². The van der Waals surface area contributed by atoms with E-state index >= 15 is 0 Å². The van der Waals surface area contributed by atoms with E-state index in [1.54, 1.807) is 36.8 Å². The van der Waals surface area contributed by atoms with Gasteiger partial charge in [0.25, 0.3) is 5.91 Å². The predicted octanol–water partition coefficient (Wildman–Crippen LogP) is 4.55. The quantitative estimate of drug-likeness (QED) is 0.419. The first-order valence-corrected chi connectivity index (χ1v) is 10.7. The first-order chi connectivity index (χ1) is 16.1. The van der Waals surface area contributed by atoms with Gasteiger partial charge in [-0.05, 0) is 36.8 Å². The average Bonchev–Trinajstić information content (AvgIpc) is 3.32. The van der Waals surface area contributed by atoms with Gasteiger partial charge in [-0.3, -0.25) is 14.6 Å². The molecule has 2 aromatic heterocycles. The number of rotatable bonds is 8. The highest BCUT2D eigenvalue weighted by Crippen LogP contribution is 2.21. The van der Waals surface area contributed by atoms with Gasteiger partial charge in [0, 0.05) is 48.6 Å². The highest BCUT2D eigenvalue weighted by atomic mass is 16.4. The van der Waals surface area contributed by atoms with Crippen LogP contribution in [0, 0.1) is 6.92 Å². The summed E-state index contributed by atoms with van der Waals surface area (Å²) in [5, 5.41) is 5.75. The Balaban J connectivity index is 1.26. The lowest BCUT2D eigenvalue weighted by molar-refractivity contribution is -0.121. The maximum Gasteiger partial charge on any atom is 0.255 e. The molecule has 0 unspecified atom stereocenters. The molecule has 0 radical (unpaired) electrons. The summed E-state index contributed by atoms with van der Waals surface area (Å²) in [7, 11) is 0. The zero-order valence-corrected chi connectivity index (χ0v) is 18.2. The van der Waals surface area contributed by atoms with Crippen LogP contribution in [0.3, 0.4) is 0 Å². The van der Waals surface area contributed by atoms with Crippen LogP contribution in [-0.2, 0) is 17.8 Å². The SMILES string of the molecule is Cc1ccc(-c2cnc(CCC(=O)NCc3cccc(NC(=O)c4ccncc4)c3)o2)cc1. The van der Waals surface area contributed by atoms with Gasteiger partial charge in [0.1, 0.15) is 0 Å². The van der Waals surface area contributed by atoms with Crippen LogP contribution < -0.4 is 10.6 Å². The van der Waals surface area contributed by atoms with Gasteiger partial charge in [0.05, 0.1) is 6.20 Å². The molecule has 4 rings (SSSR count). The van der Waals surface area contributed by atoms with Crippen LogP contribution in [0.1, 0.15) is 33.8 Å². The Hall–Kier alpha value is -4.26. The van der Waals surface area contributed by atoms with E-state index in [1.165, 1.54) is 5.56 Å². The molecule has 0 saturated carbocycles. The molecule has 0 atom stereocenters. The van der Waals surface area contributed by atoms with Gasteiger partial charge >= 0.3 is 0 Å². The summed E-state index contributed by atoms with van der Waals surface area (Å²) in [5.74, 6) is 0.906. The van der Waals surface area contributed by atoms with Crippen LogP contribution in [0.2, 0.25) is 0 Å². The number of carbonyl (C=O) groups excluding carboxylic acids is 2. The third-order valence-corrected chi connectivity index (χ3v) is 5.07. The molecule has 0 aliphatic heterocycles. The summed E-state index contributed by atoms with van der Waals surface area (Å²) in [6, 6.07) is 18.7. The Bertz CT molecular complexity index is 1230. The van der Waals surface area contributed by atoms with Crippen molar-refractivity contribution in [3.63, 3.8) is 0 Å². The monoisotopic (exact) mass is 440 g/mol. The number of benzene rings is 2. The molecular weight excluding hydrogens is 416 g/mol. The second-order valence-electron chi connectivity index (χ2n) is 7.65. The standard InChI is InChI=1S/C26H24N4O3/c1-18-5-7-20(8-6-18)23-17-29-25(33-23)10-9-24(31)28-16-19-3-2-4-22(15-19)30-26(32)21-11-13-27-14-12-21/h2-8,11-15,17H,9-10,16H2,1H3,(H,28,31)(H,30,32). The van der Waals surface area contributed by atoms with E-state index < -0.39 is 0 Å². The molecule has 0 saturated heterocycles. The summed E-state index contributed by atoms with van der Waals surface area (Å²) in [6.45, 7) is 2.39. The maximum absolute atomic E-state index is 12.3. The minimum atomic E-state index is -0.213. The van der Waals surface area contributed by atoms with Crippen LogP contribution >= 0.6 is 0 Å². The number of aryl methyl sites for hydroxylation is 2. The van der Waals surface area contributed by atoms with Crippen molar-refractivity contribution in [1.82, 2.24) is 15.3 Å². The number of amides is 2. The topological polar surface area (TPSA) is 97.1 Å². The summed E-state index contributed by atoms with van der Waals surface area (Å²) < 4.78 is 5.78. The highest BCUT2D eigenvalue weighted by molar-refractivity contribution is 6.04. The summed E-state index contributed by atoms with van der Waals surface area (Å²) in [6.07, 6.45) is 5.51. The van der Waals surface area contributed by atoms with Crippen LogP contribution in [-0.4, -0.2) is 21.8 Å². The zero-order chi connectivity index (χ0) is 23.0. The van der Waals surface area contributed by atoms with Crippen LogP contribution in [0.15, 0.2) is 83.7 Å². The maximum atomic E-state index is 12.3. The van der Waals surface area contributed by atoms with Crippen LogP contribution in [0.5, 0.6) is 0 Å². The molecule has 7 nitrogen and oxygen atoms in total. The van der Waals surface area contributed by atoms with E-state index in [9.17, 15) is 9.59 Å². The van der Waals surface area contributed by atoms with E-state index in [4.69, 9.17) is 4.42 Å². The molecule has 7 heteroatoms. The fourth-order valence-corrected chi connectivity index (χ4v) is 3.25. The lowest BCUT2D eigenvalue weighted by Gasteiger charge is -2.08. The fraction of sp³-hybridized carbons (Fsp3) is 0.154. The third-order valence-electron chi connectivity index (χ3n) is 5.07. The molecule has 33 heavy (non-hydrogen) atoms. The first-order valence-electron chi connectivity index (χ1n) is 10.7. The van der Waals surface area contributed by atoms with Gasteiger partial charge in [-0.25, -0.2) is 4.98 Å². The molecular formula is C26H24N4O3. The van der Waals surface area contributed by atoms with Crippen molar-refractivity contribution < 1.29 is 14.0 Å². The number of nitrogens with zero attached hydrogens (tertiary/aromatic N) is 2. The number of oxazole rings is 1. The largest absolute Gasteiger partial charge is 0.441 e. The summed E-state index contributed by atoms with van der Waals surface area (Å²) in [5.41, 5.74) is 4.21. The molecule has 0 fully saturated rings. The zero-order valence-electron chi connectivity index (χ0n) is 18.2. The number of pyridine rings is 1. The lowest BCUT2D eigenvalue weighted by atomic mass is 10.1. The molecule has 0 spiro atoms. The number of hydrogen-bond donors (Lipinski definition) is 2. The second kappa shape index (κ2) is 10.4. The normalized spacial score (nSPS) is 10.6. The minimum Gasteiger partial charge on any atom is -0.441 e. The highest BCUT2D eigenvalue weighted by Gasteiger charge is 2.10. The Labute approximate surface area is 191 Å².